The van der Waals surface area contributed by atoms with Crippen molar-refractivity contribution in [1.29, 1.82) is 0 Å². The molecule has 0 aliphatic heterocycles. The van der Waals surface area contributed by atoms with E-state index in [0.29, 0.717) is 23.1 Å². The van der Waals surface area contributed by atoms with E-state index in [9.17, 15) is 9.90 Å². The summed E-state index contributed by atoms with van der Waals surface area (Å²) in [6, 6.07) is 1.96. The van der Waals surface area contributed by atoms with Gasteiger partial charge in [0, 0.05) is 5.56 Å². The molecule has 1 aliphatic rings. The summed E-state index contributed by atoms with van der Waals surface area (Å²) in [4.78, 5) is 12.1. The van der Waals surface area contributed by atoms with Crippen LogP contribution in [0.5, 0.6) is 11.5 Å². The number of hydrogen-bond acceptors (Lipinski definition) is 3. The molecular formula is C17H23BrO4. The zero-order valence-electron chi connectivity index (χ0n) is 13.4. The number of carboxylic acids is 1. The smallest absolute Gasteiger partial charge is 0.314 e. The Hall–Kier alpha value is -1.23. The average Bonchev–Trinajstić information content (AvgIpc) is 2.54. The SMILES string of the molecule is CCc1cc(C2(C(=O)O)CCCCC2)c(OC)c(Br)c1OC. The van der Waals surface area contributed by atoms with Gasteiger partial charge in [-0.15, -0.1) is 0 Å². The molecule has 0 atom stereocenters. The number of aryl methyl sites for hydroxylation is 1. The Morgan fingerprint density at radius 2 is 1.82 bits per heavy atom. The van der Waals surface area contributed by atoms with Gasteiger partial charge in [0.05, 0.1) is 19.6 Å². The maximum absolute atomic E-state index is 12.1. The van der Waals surface area contributed by atoms with E-state index in [1.807, 2.05) is 13.0 Å². The largest absolute Gasteiger partial charge is 0.495 e. The summed E-state index contributed by atoms with van der Waals surface area (Å²) in [5.41, 5.74) is 0.908. The molecule has 22 heavy (non-hydrogen) atoms. The molecule has 1 aromatic carbocycles. The molecule has 0 amide bonds. The van der Waals surface area contributed by atoms with Crippen molar-refractivity contribution in [1.82, 2.24) is 0 Å². The molecule has 1 aromatic rings. The molecule has 2 rings (SSSR count). The third kappa shape index (κ3) is 2.71. The first-order chi connectivity index (χ1) is 10.5. The van der Waals surface area contributed by atoms with E-state index >= 15 is 0 Å². The van der Waals surface area contributed by atoms with Crippen LogP contribution in [0.2, 0.25) is 0 Å². The number of rotatable bonds is 5. The first-order valence-corrected chi connectivity index (χ1v) is 8.48. The molecule has 0 unspecified atom stereocenters. The van der Waals surface area contributed by atoms with Gasteiger partial charge in [0.15, 0.2) is 0 Å². The van der Waals surface area contributed by atoms with Gasteiger partial charge < -0.3 is 14.6 Å². The number of benzene rings is 1. The fourth-order valence-electron chi connectivity index (χ4n) is 3.46. The number of methoxy groups -OCH3 is 2. The summed E-state index contributed by atoms with van der Waals surface area (Å²) in [7, 11) is 3.19. The second kappa shape index (κ2) is 6.90. The maximum atomic E-state index is 12.1. The lowest BCUT2D eigenvalue weighted by Gasteiger charge is -2.35. The van der Waals surface area contributed by atoms with Gasteiger partial charge in [-0.2, -0.15) is 0 Å². The standard InChI is InChI=1S/C17H23BrO4/c1-4-11-10-12(15(22-3)13(18)14(11)21-2)17(16(19)20)8-6-5-7-9-17/h10H,4-9H2,1-3H3,(H,19,20). The molecular weight excluding hydrogens is 348 g/mol. The molecule has 1 fully saturated rings. The highest BCUT2D eigenvalue weighted by Gasteiger charge is 2.44. The molecule has 4 nitrogen and oxygen atoms in total. The summed E-state index contributed by atoms with van der Waals surface area (Å²) >= 11 is 3.54. The van der Waals surface area contributed by atoms with Crippen LogP contribution in [-0.4, -0.2) is 25.3 Å². The van der Waals surface area contributed by atoms with E-state index in [4.69, 9.17) is 9.47 Å². The Kier molecular flexibility index (Phi) is 5.37. The maximum Gasteiger partial charge on any atom is 0.314 e. The minimum absolute atomic E-state index is 0.582. The first kappa shape index (κ1) is 17.1. The van der Waals surface area contributed by atoms with E-state index < -0.39 is 11.4 Å². The van der Waals surface area contributed by atoms with Crippen LogP contribution < -0.4 is 9.47 Å². The highest BCUT2D eigenvalue weighted by Crippen LogP contribution is 2.49. The van der Waals surface area contributed by atoms with Crippen LogP contribution in [0.15, 0.2) is 10.5 Å². The van der Waals surface area contributed by atoms with Gasteiger partial charge in [-0.3, -0.25) is 4.79 Å². The number of carbonyl (C=O) groups is 1. The fraction of sp³-hybridized carbons (Fsp3) is 0.588. The number of aliphatic carboxylic acids is 1. The summed E-state index contributed by atoms with van der Waals surface area (Å²) in [5, 5.41) is 9.94. The quantitative estimate of drug-likeness (QED) is 0.838. The van der Waals surface area contributed by atoms with Crippen molar-refractivity contribution in [3.8, 4) is 11.5 Å². The lowest BCUT2D eigenvalue weighted by Crippen LogP contribution is -2.38. The van der Waals surface area contributed by atoms with Crippen molar-refractivity contribution in [2.24, 2.45) is 0 Å². The van der Waals surface area contributed by atoms with Crippen molar-refractivity contribution in [3.05, 3.63) is 21.7 Å². The van der Waals surface area contributed by atoms with Gasteiger partial charge in [-0.05, 0) is 46.8 Å². The van der Waals surface area contributed by atoms with Crippen molar-refractivity contribution >= 4 is 21.9 Å². The normalized spacial score (nSPS) is 17.1. The predicted molar refractivity (Wildman–Crippen MR) is 89.0 cm³/mol. The topological polar surface area (TPSA) is 55.8 Å². The average molecular weight is 371 g/mol. The summed E-state index contributed by atoms with van der Waals surface area (Å²) in [6.07, 6.45) is 5.03. The van der Waals surface area contributed by atoms with Gasteiger partial charge >= 0.3 is 5.97 Å². The zero-order chi connectivity index (χ0) is 16.3. The third-order valence-electron chi connectivity index (χ3n) is 4.67. The minimum Gasteiger partial charge on any atom is -0.495 e. The number of ether oxygens (including phenoxy) is 2. The molecule has 0 bridgehead atoms. The second-order valence-electron chi connectivity index (χ2n) is 5.77. The van der Waals surface area contributed by atoms with Crippen LogP contribution in [0, 0.1) is 0 Å². The van der Waals surface area contributed by atoms with Crippen LogP contribution in [0.3, 0.4) is 0 Å². The Balaban J connectivity index is 2.71. The molecule has 0 aromatic heterocycles. The van der Waals surface area contributed by atoms with E-state index in [1.165, 1.54) is 0 Å². The molecule has 1 saturated carbocycles. The predicted octanol–water partition coefficient (Wildman–Crippen LogP) is 4.32. The van der Waals surface area contributed by atoms with E-state index in [-0.39, 0.29) is 0 Å². The Morgan fingerprint density at radius 3 is 2.27 bits per heavy atom. The second-order valence-corrected chi connectivity index (χ2v) is 6.56. The highest BCUT2D eigenvalue weighted by molar-refractivity contribution is 9.10. The molecule has 1 N–H and O–H groups in total. The fourth-order valence-corrected chi connectivity index (χ4v) is 4.25. The van der Waals surface area contributed by atoms with E-state index in [2.05, 4.69) is 15.9 Å². The van der Waals surface area contributed by atoms with Crippen LogP contribution in [-0.2, 0) is 16.6 Å². The summed E-state index contributed by atoms with van der Waals surface area (Å²) < 4.78 is 11.7. The van der Waals surface area contributed by atoms with Crippen LogP contribution in [0.4, 0.5) is 0 Å². The molecule has 5 heteroatoms. The Morgan fingerprint density at radius 1 is 1.23 bits per heavy atom. The number of carboxylic acid groups (broad SMARTS) is 1. The highest BCUT2D eigenvalue weighted by atomic mass is 79.9. The van der Waals surface area contributed by atoms with Gasteiger partial charge in [0.2, 0.25) is 0 Å². The monoisotopic (exact) mass is 370 g/mol. The van der Waals surface area contributed by atoms with Gasteiger partial charge in [-0.25, -0.2) is 0 Å². The number of hydrogen-bond donors (Lipinski definition) is 1. The Bertz CT molecular complexity index is 562. The van der Waals surface area contributed by atoms with Gasteiger partial charge in [0.25, 0.3) is 0 Å². The minimum atomic E-state index is -0.859. The molecule has 0 heterocycles. The van der Waals surface area contributed by atoms with Crippen molar-refractivity contribution in [2.45, 2.75) is 50.9 Å². The third-order valence-corrected chi connectivity index (χ3v) is 5.39. The lowest BCUT2D eigenvalue weighted by atomic mass is 9.68. The summed E-state index contributed by atoms with van der Waals surface area (Å²) in [5.74, 6) is 0.544. The Labute approximate surface area is 139 Å². The van der Waals surface area contributed by atoms with Crippen molar-refractivity contribution in [2.75, 3.05) is 14.2 Å². The summed E-state index contributed by atoms with van der Waals surface area (Å²) in [6.45, 7) is 2.04. The van der Waals surface area contributed by atoms with Crippen LogP contribution in [0.1, 0.15) is 50.2 Å². The number of halogens is 1. The van der Waals surface area contributed by atoms with Crippen molar-refractivity contribution in [3.63, 3.8) is 0 Å². The lowest BCUT2D eigenvalue weighted by molar-refractivity contribution is -0.145. The van der Waals surface area contributed by atoms with Crippen LogP contribution >= 0.6 is 15.9 Å². The van der Waals surface area contributed by atoms with E-state index in [0.717, 1.165) is 42.6 Å². The molecule has 1 aliphatic carbocycles. The first-order valence-electron chi connectivity index (χ1n) is 7.69. The van der Waals surface area contributed by atoms with Gasteiger partial charge in [-0.1, -0.05) is 26.2 Å². The van der Waals surface area contributed by atoms with Crippen LogP contribution in [0.25, 0.3) is 0 Å². The van der Waals surface area contributed by atoms with Crippen molar-refractivity contribution < 1.29 is 19.4 Å². The molecule has 0 radical (unpaired) electrons. The molecule has 122 valence electrons. The molecule has 0 spiro atoms. The van der Waals surface area contributed by atoms with E-state index in [1.54, 1.807) is 14.2 Å². The molecule has 0 saturated heterocycles. The zero-order valence-corrected chi connectivity index (χ0v) is 15.0. The van der Waals surface area contributed by atoms with Gasteiger partial charge in [0.1, 0.15) is 16.0 Å².